The van der Waals surface area contributed by atoms with E-state index in [4.69, 9.17) is 4.74 Å². The summed E-state index contributed by atoms with van der Waals surface area (Å²) in [6, 6.07) is 6.19. The summed E-state index contributed by atoms with van der Waals surface area (Å²) < 4.78 is 6.16. The molecule has 0 fully saturated rings. The molecule has 0 spiro atoms. The first kappa shape index (κ1) is 16.8. The molecule has 0 radical (unpaired) electrons. The molecule has 2 N–H and O–H groups in total. The second kappa shape index (κ2) is 7.53. The first-order chi connectivity index (χ1) is 8.89. The van der Waals surface area contributed by atoms with Gasteiger partial charge in [-0.2, -0.15) is 11.8 Å². The van der Waals surface area contributed by atoms with E-state index >= 15 is 0 Å². The Kier molecular flexibility index (Phi) is 6.66. The SMILES string of the molecule is COc1ccc([C@H](C)NC[C@](C)(O)CSC)cc1Br. The molecule has 0 saturated carbocycles. The third kappa shape index (κ3) is 5.34. The molecule has 0 saturated heterocycles. The number of rotatable bonds is 7. The van der Waals surface area contributed by atoms with Crippen molar-refractivity contribution in [1.29, 1.82) is 0 Å². The van der Waals surface area contributed by atoms with Gasteiger partial charge in [-0.15, -0.1) is 0 Å². The van der Waals surface area contributed by atoms with Crippen LogP contribution < -0.4 is 10.1 Å². The van der Waals surface area contributed by atoms with Crippen LogP contribution in [0.4, 0.5) is 0 Å². The number of nitrogens with one attached hydrogen (secondary N) is 1. The van der Waals surface area contributed by atoms with Crippen LogP contribution in [0.15, 0.2) is 22.7 Å². The average Bonchev–Trinajstić information content (AvgIpc) is 2.36. The van der Waals surface area contributed by atoms with Gasteiger partial charge in [0.15, 0.2) is 0 Å². The molecular weight excluding hydrogens is 326 g/mol. The number of hydrogen-bond donors (Lipinski definition) is 2. The van der Waals surface area contributed by atoms with E-state index in [9.17, 15) is 5.11 Å². The Morgan fingerprint density at radius 1 is 1.53 bits per heavy atom. The fraction of sp³-hybridized carbons (Fsp3) is 0.571. The predicted molar refractivity (Wildman–Crippen MR) is 86.1 cm³/mol. The molecule has 0 aliphatic heterocycles. The van der Waals surface area contributed by atoms with Crippen LogP contribution in [0.2, 0.25) is 0 Å². The molecule has 1 aromatic carbocycles. The third-order valence-electron chi connectivity index (χ3n) is 2.92. The number of aliphatic hydroxyl groups is 1. The molecule has 3 nitrogen and oxygen atoms in total. The summed E-state index contributed by atoms with van der Waals surface area (Å²) in [7, 11) is 1.65. The smallest absolute Gasteiger partial charge is 0.133 e. The first-order valence-electron chi connectivity index (χ1n) is 6.18. The van der Waals surface area contributed by atoms with Crippen molar-refractivity contribution in [3.63, 3.8) is 0 Å². The minimum Gasteiger partial charge on any atom is -0.496 e. The summed E-state index contributed by atoms with van der Waals surface area (Å²) in [6.45, 7) is 4.51. The van der Waals surface area contributed by atoms with E-state index in [2.05, 4.69) is 28.2 Å². The quantitative estimate of drug-likeness (QED) is 0.794. The van der Waals surface area contributed by atoms with Gasteiger partial charge in [-0.1, -0.05) is 6.07 Å². The van der Waals surface area contributed by atoms with Crippen LogP contribution in [0.5, 0.6) is 5.75 Å². The summed E-state index contributed by atoms with van der Waals surface area (Å²) >= 11 is 5.13. The topological polar surface area (TPSA) is 41.5 Å². The second-order valence-electron chi connectivity index (χ2n) is 4.93. The highest BCUT2D eigenvalue weighted by atomic mass is 79.9. The molecule has 108 valence electrons. The van der Waals surface area contributed by atoms with Gasteiger partial charge in [-0.3, -0.25) is 0 Å². The maximum Gasteiger partial charge on any atom is 0.133 e. The van der Waals surface area contributed by atoms with Crippen molar-refractivity contribution < 1.29 is 9.84 Å². The largest absolute Gasteiger partial charge is 0.496 e. The zero-order valence-electron chi connectivity index (χ0n) is 11.9. The lowest BCUT2D eigenvalue weighted by molar-refractivity contribution is 0.0820. The number of benzene rings is 1. The first-order valence-corrected chi connectivity index (χ1v) is 8.36. The van der Waals surface area contributed by atoms with Gasteiger partial charge in [0.1, 0.15) is 5.75 Å². The highest BCUT2D eigenvalue weighted by Gasteiger charge is 2.20. The molecule has 0 amide bonds. The van der Waals surface area contributed by atoms with E-state index in [1.165, 1.54) is 0 Å². The van der Waals surface area contributed by atoms with Crippen LogP contribution in [-0.4, -0.2) is 36.4 Å². The molecule has 19 heavy (non-hydrogen) atoms. The molecule has 0 aliphatic carbocycles. The molecule has 0 unspecified atom stereocenters. The Morgan fingerprint density at radius 3 is 2.74 bits per heavy atom. The Labute approximate surface area is 128 Å². The highest BCUT2D eigenvalue weighted by Crippen LogP contribution is 2.28. The summed E-state index contributed by atoms with van der Waals surface area (Å²) in [4.78, 5) is 0. The Hall–Kier alpha value is -0.230. The molecule has 2 atom stereocenters. The minimum atomic E-state index is -0.683. The normalized spacial score (nSPS) is 15.9. The van der Waals surface area contributed by atoms with Gasteiger partial charge in [-0.05, 0) is 53.7 Å². The summed E-state index contributed by atoms with van der Waals surface area (Å²) in [5.41, 5.74) is 0.477. The van der Waals surface area contributed by atoms with Gasteiger partial charge in [0.25, 0.3) is 0 Å². The van der Waals surface area contributed by atoms with Crippen LogP contribution in [0, 0.1) is 0 Å². The molecule has 0 aromatic heterocycles. The fourth-order valence-corrected chi connectivity index (χ4v) is 3.09. The van der Waals surface area contributed by atoms with Gasteiger partial charge >= 0.3 is 0 Å². The number of ether oxygens (including phenoxy) is 1. The van der Waals surface area contributed by atoms with Crippen LogP contribution in [0.3, 0.4) is 0 Å². The summed E-state index contributed by atoms with van der Waals surface area (Å²) in [5, 5.41) is 13.5. The molecule has 5 heteroatoms. The van der Waals surface area contributed by atoms with Crippen LogP contribution in [0.1, 0.15) is 25.5 Å². The fourth-order valence-electron chi connectivity index (χ4n) is 1.80. The standard InChI is InChI=1S/C14H22BrNO2S/c1-10(16-8-14(2,17)9-19-4)11-5-6-13(18-3)12(15)7-11/h5-7,10,16-17H,8-9H2,1-4H3/t10-,14-/m0/s1. The lowest BCUT2D eigenvalue weighted by atomic mass is 10.1. The zero-order chi connectivity index (χ0) is 14.5. The zero-order valence-corrected chi connectivity index (χ0v) is 14.3. The molecule has 1 aromatic rings. The van der Waals surface area contributed by atoms with E-state index in [0.717, 1.165) is 21.5 Å². The monoisotopic (exact) mass is 347 g/mol. The van der Waals surface area contributed by atoms with E-state index in [0.29, 0.717) is 6.54 Å². The van der Waals surface area contributed by atoms with Crippen molar-refractivity contribution in [3.8, 4) is 5.75 Å². The third-order valence-corrected chi connectivity index (χ3v) is 4.45. The molecule has 0 bridgehead atoms. The average molecular weight is 348 g/mol. The molecule has 0 aliphatic rings. The number of methoxy groups -OCH3 is 1. The lowest BCUT2D eigenvalue weighted by Crippen LogP contribution is -2.40. The number of halogens is 1. The lowest BCUT2D eigenvalue weighted by Gasteiger charge is -2.25. The van der Waals surface area contributed by atoms with Crippen LogP contribution >= 0.6 is 27.7 Å². The van der Waals surface area contributed by atoms with Crippen molar-refractivity contribution in [1.82, 2.24) is 5.32 Å². The van der Waals surface area contributed by atoms with Crippen LogP contribution in [-0.2, 0) is 0 Å². The van der Waals surface area contributed by atoms with Gasteiger partial charge < -0.3 is 15.2 Å². The van der Waals surface area contributed by atoms with Crippen molar-refractivity contribution in [2.24, 2.45) is 0 Å². The van der Waals surface area contributed by atoms with E-state index in [1.54, 1.807) is 18.9 Å². The van der Waals surface area contributed by atoms with E-state index in [1.807, 2.05) is 31.4 Å². The predicted octanol–water partition coefficient (Wildman–Crippen LogP) is 3.22. The Balaban J connectivity index is 2.63. The van der Waals surface area contributed by atoms with Crippen molar-refractivity contribution in [2.45, 2.75) is 25.5 Å². The molecule has 0 heterocycles. The Bertz CT molecular complexity index is 412. The summed E-state index contributed by atoms with van der Waals surface area (Å²) in [5.74, 6) is 1.55. The highest BCUT2D eigenvalue weighted by molar-refractivity contribution is 9.10. The van der Waals surface area contributed by atoms with Gasteiger partial charge in [-0.25, -0.2) is 0 Å². The maximum atomic E-state index is 10.1. The second-order valence-corrected chi connectivity index (χ2v) is 6.65. The van der Waals surface area contributed by atoms with Crippen LogP contribution in [0.25, 0.3) is 0 Å². The Morgan fingerprint density at radius 2 is 2.21 bits per heavy atom. The molecule has 1 rings (SSSR count). The van der Waals surface area contributed by atoms with E-state index < -0.39 is 5.60 Å². The number of thioether (sulfide) groups is 1. The minimum absolute atomic E-state index is 0.176. The van der Waals surface area contributed by atoms with E-state index in [-0.39, 0.29) is 6.04 Å². The van der Waals surface area contributed by atoms with Gasteiger partial charge in [0.2, 0.25) is 0 Å². The van der Waals surface area contributed by atoms with Crippen molar-refractivity contribution in [3.05, 3.63) is 28.2 Å². The van der Waals surface area contributed by atoms with Gasteiger partial charge in [0.05, 0.1) is 17.2 Å². The maximum absolute atomic E-state index is 10.1. The molecular formula is C14H22BrNO2S. The summed E-state index contributed by atoms with van der Waals surface area (Å²) in [6.07, 6.45) is 2.00. The van der Waals surface area contributed by atoms with Gasteiger partial charge in [0, 0.05) is 18.3 Å². The van der Waals surface area contributed by atoms with Crippen molar-refractivity contribution >= 4 is 27.7 Å². The number of hydrogen-bond acceptors (Lipinski definition) is 4. The van der Waals surface area contributed by atoms with Crippen molar-refractivity contribution in [2.75, 3.05) is 25.7 Å².